The Hall–Kier alpha value is -2.56. The minimum atomic E-state index is -3.45. The lowest BCUT2D eigenvalue weighted by atomic mass is 10.1. The molecule has 0 saturated carbocycles. The zero-order chi connectivity index (χ0) is 22.8. The largest absolute Gasteiger partial charge is 0.326 e. The van der Waals surface area contributed by atoms with E-state index in [9.17, 15) is 13.2 Å². The molecule has 1 N–H and O–H groups in total. The van der Waals surface area contributed by atoms with Crippen molar-refractivity contribution in [2.24, 2.45) is 0 Å². The van der Waals surface area contributed by atoms with Crippen molar-refractivity contribution in [2.75, 3.05) is 18.4 Å². The maximum atomic E-state index is 12.7. The Morgan fingerprint density at radius 1 is 1.00 bits per heavy atom. The number of hydrogen-bond acceptors (Lipinski definition) is 6. The second-order valence-electron chi connectivity index (χ2n) is 8.54. The van der Waals surface area contributed by atoms with Crippen molar-refractivity contribution in [3.8, 4) is 11.4 Å². The number of fused-ring (bicyclic) bond motifs is 1. The molecule has 3 aromatic rings. The molecule has 2 aliphatic rings. The average Bonchev–Trinajstić information content (AvgIpc) is 3.54. The third-order valence-corrected chi connectivity index (χ3v) is 9.60. The first kappa shape index (κ1) is 22.2. The van der Waals surface area contributed by atoms with E-state index >= 15 is 0 Å². The number of amides is 1. The van der Waals surface area contributed by atoms with E-state index in [1.807, 2.05) is 24.3 Å². The van der Waals surface area contributed by atoms with Crippen LogP contribution < -0.4 is 5.32 Å². The summed E-state index contributed by atoms with van der Waals surface area (Å²) in [4.78, 5) is 13.4. The molecule has 0 atom stereocenters. The number of hydrogen-bond donors (Lipinski definition) is 1. The van der Waals surface area contributed by atoms with Crippen molar-refractivity contribution >= 4 is 33.0 Å². The highest BCUT2D eigenvalue weighted by atomic mass is 32.2. The molecule has 0 unspecified atom stereocenters. The summed E-state index contributed by atoms with van der Waals surface area (Å²) in [5.41, 5.74) is 1.61. The van der Waals surface area contributed by atoms with Gasteiger partial charge >= 0.3 is 0 Å². The molecule has 0 radical (unpaired) electrons. The van der Waals surface area contributed by atoms with Crippen molar-refractivity contribution in [3.63, 3.8) is 0 Å². The van der Waals surface area contributed by atoms with Gasteiger partial charge in [0.05, 0.1) is 6.42 Å². The Balaban J connectivity index is 1.27. The number of aryl methyl sites for hydroxylation is 1. The summed E-state index contributed by atoms with van der Waals surface area (Å²) in [6.45, 7) is 2.05. The number of benzene rings is 1. The van der Waals surface area contributed by atoms with Gasteiger partial charge < -0.3 is 9.88 Å². The van der Waals surface area contributed by atoms with Crippen LogP contribution in [0.15, 0.2) is 40.6 Å². The molecule has 4 heterocycles. The first-order valence-corrected chi connectivity index (χ1v) is 13.7. The summed E-state index contributed by atoms with van der Waals surface area (Å²) >= 11 is 1.17. The van der Waals surface area contributed by atoms with Gasteiger partial charge in [0.25, 0.3) is 10.0 Å². The number of thiophene rings is 1. The van der Waals surface area contributed by atoms with E-state index < -0.39 is 10.0 Å². The summed E-state index contributed by atoms with van der Waals surface area (Å²) in [6.07, 6.45) is 6.32. The molecule has 0 aliphatic carbocycles. The van der Waals surface area contributed by atoms with E-state index in [1.165, 1.54) is 22.1 Å². The maximum Gasteiger partial charge on any atom is 0.252 e. The van der Waals surface area contributed by atoms with Gasteiger partial charge in [0.1, 0.15) is 10.0 Å². The van der Waals surface area contributed by atoms with Crippen molar-refractivity contribution in [1.82, 2.24) is 19.1 Å². The molecule has 1 amide bonds. The van der Waals surface area contributed by atoms with Crippen molar-refractivity contribution in [1.29, 1.82) is 0 Å². The van der Waals surface area contributed by atoms with Gasteiger partial charge in [0, 0.05) is 42.2 Å². The molecule has 174 valence electrons. The van der Waals surface area contributed by atoms with Gasteiger partial charge in [-0.3, -0.25) is 4.79 Å². The molecule has 2 aromatic heterocycles. The second kappa shape index (κ2) is 9.36. The lowest BCUT2D eigenvalue weighted by molar-refractivity contribution is -0.115. The fourth-order valence-corrected chi connectivity index (χ4v) is 7.47. The van der Waals surface area contributed by atoms with E-state index in [-0.39, 0.29) is 12.3 Å². The van der Waals surface area contributed by atoms with Crippen LogP contribution in [0.2, 0.25) is 0 Å². The fraction of sp³-hybridized carbons (Fsp3) is 0.435. The van der Waals surface area contributed by atoms with Crippen molar-refractivity contribution in [3.05, 3.63) is 47.1 Å². The first-order chi connectivity index (χ1) is 16.0. The van der Waals surface area contributed by atoms with Gasteiger partial charge in [0.15, 0.2) is 5.82 Å². The summed E-state index contributed by atoms with van der Waals surface area (Å²) in [5, 5.41) is 11.7. The topological polar surface area (TPSA) is 97.2 Å². The van der Waals surface area contributed by atoms with E-state index in [2.05, 4.69) is 20.1 Å². The molecule has 2 aliphatic heterocycles. The van der Waals surface area contributed by atoms with Gasteiger partial charge in [-0.2, -0.15) is 4.31 Å². The molecule has 0 spiro atoms. The number of sulfonamides is 1. The van der Waals surface area contributed by atoms with Crippen LogP contribution in [0.5, 0.6) is 0 Å². The highest BCUT2D eigenvalue weighted by molar-refractivity contribution is 7.91. The Labute approximate surface area is 197 Å². The minimum absolute atomic E-state index is 0.130. The number of nitrogens with one attached hydrogen (secondary N) is 1. The van der Waals surface area contributed by atoms with E-state index in [4.69, 9.17) is 0 Å². The van der Waals surface area contributed by atoms with Crippen molar-refractivity contribution < 1.29 is 13.2 Å². The Morgan fingerprint density at radius 3 is 2.67 bits per heavy atom. The quantitative estimate of drug-likeness (QED) is 0.574. The lowest BCUT2D eigenvalue weighted by Crippen LogP contribution is -2.27. The number of anilines is 1. The number of aromatic nitrogens is 3. The SMILES string of the molecule is O=C(Cc1ccc(S(=O)(=O)N2CCCC2)s1)Nc1cccc(-c2nnc3n2CCCCC3)c1. The molecule has 1 saturated heterocycles. The molecular weight excluding hydrogens is 458 g/mol. The van der Waals surface area contributed by atoms with Gasteiger partial charge in [-0.25, -0.2) is 8.42 Å². The normalized spacial score (nSPS) is 17.0. The van der Waals surface area contributed by atoms with E-state index in [0.29, 0.717) is 23.0 Å². The summed E-state index contributed by atoms with van der Waals surface area (Å²) in [7, 11) is -3.45. The predicted molar refractivity (Wildman–Crippen MR) is 128 cm³/mol. The Bertz CT molecular complexity index is 1260. The van der Waals surface area contributed by atoms with Crippen LogP contribution >= 0.6 is 11.3 Å². The number of nitrogens with zero attached hydrogens (tertiary/aromatic N) is 4. The van der Waals surface area contributed by atoms with Crippen LogP contribution in [0.4, 0.5) is 5.69 Å². The third-order valence-electron chi connectivity index (χ3n) is 6.14. The molecule has 10 heteroatoms. The molecular formula is C23H27N5O3S2. The van der Waals surface area contributed by atoms with Crippen LogP contribution in [0.3, 0.4) is 0 Å². The standard InChI is InChI=1S/C23H27N5O3S2/c29-21(16-19-10-11-22(32-19)33(30,31)27-12-4-5-13-27)24-18-8-6-7-17(15-18)23-26-25-20-9-2-1-3-14-28(20)23/h6-8,10-11,15H,1-5,9,12-14,16H2,(H,24,29). The molecule has 1 aromatic carbocycles. The second-order valence-corrected chi connectivity index (χ2v) is 11.9. The molecule has 33 heavy (non-hydrogen) atoms. The van der Waals surface area contributed by atoms with Crippen LogP contribution in [0.1, 0.15) is 42.8 Å². The van der Waals surface area contributed by atoms with Crippen LogP contribution in [-0.2, 0) is 34.2 Å². The summed E-state index contributed by atoms with van der Waals surface area (Å²) in [5.74, 6) is 1.67. The highest BCUT2D eigenvalue weighted by Crippen LogP contribution is 2.28. The number of carbonyl (C=O) groups is 1. The molecule has 8 nitrogen and oxygen atoms in total. The monoisotopic (exact) mass is 485 g/mol. The van der Waals surface area contributed by atoms with Crippen LogP contribution in [0, 0.1) is 0 Å². The van der Waals surface area contributed by atoms with Gasteiger partial charge in [-0.05, 0) is 49.9 Å². The van der Waals surface area contributed by atoms with Crippen LogP contribution in [-0.4, -0.2) is 46.5 Å². The zero-order valence-electron chi connectivity index (χ0n) is 18.4. The zero-order valence-corrected chi connectivity index (χ0v) is 20.0. The summed E-state index contributed by atoms with van der Waals surface area (Å²) in [6, 6.07) is 11.0. The Kier molecular flexibility index (Phi) is 6.31. The molecule has 1 fully saturated rings. The smallest absolute Gasteiger partial charge is 0.252 e. The predicted octanol–water partition coefficient (Wildman–Crippen LogP) is 3.70. The van der Waals surface area contributed by atoms with Gasteiger partial charge in [-0.1, -0.05) is 18.6 Å². The first-order valence-electron chi connectivity index (χ1n) is 11.4. The molecule has 0 bridgehead atoms. The van der Waals surface area contributed by atoms with E-state index in [1.54, 1.807) is 12.1 Å². The minimum Gasteiger partial charge on any atom is -0.326 e. The average molecular weight is 486 g/mol. The fourth-order valence-electron chi connectivity index (χ4n) is 4.45. The highest BCUT2D eigenvalue weighted by Gasteiger charge is 2.28. The van der Waals surface area contributed by atoms with Crippen molar-refractivity contribution in [2.45, 2.75) is 55.7 Å². The number of rotatable bonds is 6. The third kappa shape index (κ3) is 4.73. The summed E-state index contributed by atoms with van der Waals surface area (Å²) < 4.78 is 29.5. The van der Waals surface area contributed by atoms with Gasteiger partial charge in [-0.15, -0.1) is 21.5 Å². The van der Waals surface area contributed by atoms with Crippen LogP contribution in [0.25, 0.3) is 11.4 Å². The maximum absolute atomic E-state index is 12.7. The van der Waals surface area contributed by atoms with Gasteiger partial charge in [0.2, 0.25) is 5.91 Å². The van der Waals surface area contributed by atoms with E-state index in [0.717, 1.165) is 60.7 Å². The molecule has 5 rings (SSSR count). The lowest BCUT2D eigenvalue weighted by Gasteiger charge is -2.13. The Morgan fingerprint density at radius 2 is 1.82 bits per heavy atom. The number of carbonyl (C=O) groups excluding carboxylic acids is 1.